The van der Waals surface area contributed by atoms with Crippen molar-refractivity contribution < 1.29 is 47.9 Å². The number of aliphatic hydroxyl groups is 1. The molecule has 0 saturated carbocycles. The Morgan fingerprint density at radius 2 is 0.973 bits per heavy atom. The largest absolute Gasteiger partial charge is 0.395 e. The van der Waals surface area contributed by atoms with E-state index >= 15 is 0 Å². The minimum absolute atomic E-state index is 0.0540. The molecule has 0 spiro atoms. The molecule has 147 heavy (non-hydrogen) atoms. The van der Waals surface area contributed by atoms with Gasteiger partial charge in [-0.3, -0.25) is 19.6 Å². The number of urea groups is 1. The summed E-state index contributed by atoms with van der Waals surface area (Å²) in [6.45, 7) is 27.7. The van der Waals surface area contributed by atoms with Gasteiger partial charge in [-0.2, -0.15) is 0 Å². The monoisotopic (exact) mass is 2000 g/mol. The van der Waals surface area contributed by atoms with Gasteiger partial charge in [-0.25, -0.2) is 54.6 Å². The van der Waals surface area contributed by atoms with E-state index in [4.69, 9.17) is 87.0 Å². The van der Waals surface area contributed by atoms with E-state index in [1.54, 1.807) is 32.9 Å². The van der Waals surface area contributed by atoms with Gasteiger partial charge in [0.05, 0.1) is 119 Å². The fraction of sp³-hybridized carbons (Fsp3) is 0.442. The number of unbranched alkanes of at least 4 members (excludes halogenated alkanes) is 5. The third-order valence-corrected chi connectivity index (χ3v) is 26.1. The van der Waals surface area contributed by atoms with E-state index in [1.165, 1.54) is 5.56 Å². The van der Waals surface area contributed by atoms with Gasteiger partial charge in [0.15, 0.2) is 17.5 Å². The van der Waals surface area contributed by atoms with E-state index in [9.17, 15) is 19.5 Å². The second-order valence-corrected chi connectivity index (χ2v) is 37.9. The van der Waals surface area contributed by atoms with Crippen molar-refractivity contribution >= 4 is 151 Å². The van der Waals surface area contributed by atoms with Gasteiger partial charge in [0.2, 0.25) is 0 Å². The third-order valence-electron chi connectivity index (χ3n) is 26.1. The second kappa shape index (κ2) is 55.8. The minimum Gasteiger partial charge on any atom is -0.395 e. The number of nitrogen functional groups attached to an aromatic ring is 3. The molecule has 0 fully saturated rings. The topological polar surface area (TPSA) is 460 Å². The van der Waals surface area contributed by atoms with Gasteiger partial charge in [-0.1, -0.05) is 191 Å². The van der Waals surface area contributed by atoms with Crippen LogP contribution in [0.5, 0.6) is 0 Å². The molecule has 34 nitrogen and oxygen atoms in total. The molecule has 2 amide bonds. The van der Waals surface area contributed by atoms with Crippen LogP contribution in [0.25, 0.3) is 110 Å². The van der Waals surface area contributed by atoms with Crippen LogP contribution in [-0.4, -0.2) is 191 Å². The van der Waals surface area contributed by atoms with E-state index in [0.717, 1.165) is 236 Å². The lowest BCUT2D eigenvalue weighted by molar-refractivity contribution is -0.121. The van der Waals surface area contributed by atoms with E-state index in [1.807, 2.05) is 171 Å². The molecule has 17 rings (SSSR count). The molecule has 34 heteroatoms. The number of nitrogens with two attached hydrogens (primary N) is 5. The van der Waals surface area contributed by atoms with Crippen molar-refractivity contribution in [2.75, 3.05) is 96.1 Å². The molecule has 0 aliphatic carbocycles. The summed E-state index contributed by atoms with van der Waals surface area (Å²) in [5.74, 6) is 5.42. The van der Waals surface area contributed by atoms with Gasteiger partial charge in [-0.15, -0.1) is 0 Å². The number of para-hydroxylation sites is 4. The number of benzene rings is 5. The van der Waals surface area contributed by atoms with Crippen LogP contribution in [0.1, 0.15) is 205 Å². The summed E-state index contributed by atoms with van der Waals surface area (Å²) in [4.78, 5) is 92.3. The van der Waals surface area contributed by atoms with Crippen LogP contribution in [-0.2, 0) is 102 Å². The Morgan fingerprint density at radius 3 is 1.59 bits per heavy atom. The zero-order valence-corrected chi connectivity index (χ0v) is 87.3. The molecule has 17 aromatic rings. The SMILES string of the molecule is CCCC(C)c1nc2cccnc2c2c1ncn2CCCC(=O)C(N)CC(C)C.CCCCCC(=O)CCCCCn1c(CCCC)nc2c(N)nc3cccnc3c21.CCOCc1nc2c(N)nc3ccccc3c2n1CCOCCCOCc1ccccc1.COC(N)C(C)(C)c1nc2ccccc2c2c1ncn2CCO.COCCc1nc2c(N)nc3ccccc3c2n1CCOCCNC(=O)Nc1ccccc1. The number of nitrogens with zero attached hydrogens (tertiary/aromatic N) is 17. The van der Waals surface area contributed by atoms with Crippen LogP contribution in [0.3, 0.4) is 0 Å². The Bertz CT molecular complexity index is 7110. The standard InChI is InChI=1S/C25H30N4O3.C24H28N6O3.C24H35N5O.C23H33N5O.C17H22N4O2/c1-2-30-18-22-28-23-24(20-11-6-7-12-21(20)27-25(23)26)29(22)13-16-31-14-8-15-32-17-19-9-4-3-5-10-19;1-32-14-11-20-29-21-22(18-9-5-6-10-19(18)28-23(21)25)30(20)13-16-33-15-12-26-24(31)27-17-7-3-2-4-8-17;1-3-5-8-12-18(30)13-9-7-10-17-29-20(15-6-4-2)28-22-23(29)21-19(27-24(22)25)14-11-16-26-21;1-5-8-16(4)20-22-23(21-18(27-20)9-6-11-25-21)28(14-26-22)12-7-10-19(29)17(24)13-15(2)3;1-17(2,16(18)23-3)15-13-14(21(8-9-22)10-19-13)11-6-4-5-7-12(11)20-15/h3-7,9-12H,2,8,13-18H2,1H3,(H2,26,27);2-10H,11-16H2,1H3,(H2,25,28)(H2,26,27,31);11,14,16H,3-10,12-13,15,17H2,1-2H3,(H2,25,27);6,9,11,14-17H,5,7-8,10,12-13,24H2,1-4H3;4-7,10,16,22H,8-9,18H2,1-3H3. The number of ketones is 2. The normalized spacial score (nSPS) is 12.3. The molecule has 3 atom stereocenters. The number of nitrogens with one attached hydrogen (secondary N) is 2. The smallest absolute Gasteiger partial charge is 0.319 e. The molecule has 0 radical (unpaired) electrons. The van der Waals surface area contributed by atoms with E-state index in [0.29, 0.717) is 158 Å². The Kier molecular flexibility index (Phi) is 42.0. The third kappa shape index (κ3) is 29.1. The van der Waals surface area contributed by atoms with Crippen LogP contribution in [0.2, 0.25) is 0 Å². The van der Waals surface area contributed by atoms with E-state index < -0.39 is 11.6 Å². The summed E-state index contributed by atoms with van der Waals surface area (Å²) in [5.41, 5.74) is 49.0. The van der Waals surface area contributed by atoms with Crippen LogP contribution >= 0.6 is 0 Å². The first-order chi connectivity index (χ1) is 71.5. The number of methoxy groups -OCH3 is 2. The molecule has 0 aliphatic rings. The summed E-state index contributed by atoms with van der Waals surface area (Å²) in [6, 6.07) is 50.4. The van der Waals surface area contributed by atoms with Gasteiger partial charge in [0.25, 0.3) is 0 Å². The summed E-state index contributed by atoms with van der Waals surface area (Å²) >= 11 is 0. The predicted octanol–water partition coefficient (Wildman–Crippen LogP) is 19.5. The Morgan fingerprint density at radius 1 is 0.442 bits per heavy atom. The average molecular weight is 2000 g/mol. The molecule has 3 unspecified atom stereocenters. The van der Waals surface area contributed by atoms with Crippen molar-refractivity contribution in [1.29, 1.82) is 0 Å². The number of pyridine rings is 7. The number of anilines is 4. The lowest BCUT2D eigenvalue weighted by atomic mass is 9.85. The highest BCUT2D eigenvalue weighted by atomic mass is 16.5. The quantitative estimate of drug-likeness (QED) is 0.0130. The number of aryl methyl sites for hydroxylation is 3. The molecule has 13 N–H and O–H groups in total. The molecule has 0 saturated heterocycles. The second-order valence-electron chi connectivity index (χ2n) is 37.9. The van der Waals surface area contributed by atoms with Crippen LogP contribution in [0.15, 0.2) is 183 Å². The van der Waals surface area contributed by atoms with Gasteiger partial charge >= 0.3 is 6.03 Å². The highest BCUT2D eigenvalue weighted by molar-refractivity contribution is 6.09. The van der Waals surface area contributed by atoms with Crippen molar-refractivity contribution in [1.82, 2.24) is 88.0 Å². The summed E-state index contributed by atoms with van der Waals surface area (Å²) in [6.07, 6.45) is 23.3. The molecule has 0 aliphatic heterocycles. The first-order valence-corrected chi connectivity index (χ1v) is 51.9. The van der Waals surface area contributed by atoms with Crippen LogP contribution < -0.4 is 39.3 Å². The van der Waals surface area contributed by atoms with Crippen molar-refractivity contribution in [2.24, 2.45) is 17.4 Å². The number of aromatic nitrogens is 17. The van der Waals surface area contributed by atoms with Gasteiger partial charge in [-0.05, 0) is 124 Å². The number of aliphatic hydroxyl groups excluding tert-OH is 1. The molecule has 12 heterocycles. The van der Waals surface area contributed by atoms with Crippen LogP contribution in [0.4, 0.5) is 27.9 Å². The van der Waals surface area contributed by atoms with Crippen molar-refractivity contribution in [2.45, 2.75) is 247 Å². The van der Waals surface area contributed by atoms with Crippen molar-refractivity contribution in [3.05, 3.63) is 217 Å². The number of fused-ring (bicyclic) bond motifs is 15. The molecular formula is C113H148N24O10. The van der Waals surface area contributed by atoms with Crippen molar-refractivity contribution in [3.63, 3.8) is 0 Å². The number of amides is 2. The maximum absolute atomic E-state index is 12.3. The highest BCUT2D eigenvalue weighted by Crippen LogP contribution is 2.38. The number of hydrogen-bond donors (Lipinski definition) is 8. The Labute approximate surface area is 859 Å². The number of Topliss-reactive ketones (excluding diaryl/α,β-unsaturated/α-hetero) is 2. The fourth-order valence-electron chi connectivity index (χ4n) is 18.4. The molecule has 0 bridgehead atoms. The lowest BCUT2D eigenvalue weighted by Gasteiger charge is -2.30. The number of ether oxygens (including phenoxy) is 6. The zero-order valence-electron chi connectivity index (χ0n) is 87.3. The van der Waals surface area contributed by atoms with Gasteiger partial charge in [0.1, 0.15) is 86.0 Å². The fourth-order valence-corrected chi connectivity index (χ4v) is 18.4. The number of carbonyl (C=O) groups excluding carboxylic acids is 3. The minimum atomic E-state index is -0.505. The number of hydrogen-bond acceptors (Lipinski definition) is 27. The number of imidazole rings is 5. The predicted molar refractivity (Wildman–Crippen MR) is 587 cm³/mol. The molecule has 5 aromatic carbocycles. The van der Waals surface area contributed by atoms with E-state index in [-0.39, 0.29) is 24.5 Å². The highest BCUT2D eigenvalue weighted by Gasteiger charge is 2.35. The van der Waals surface area contributed by atoms with Gasteiger partial charge in [0, 0.05) is 151 Å². The van der Waals surface area contributed by atoms with Crippen molar-refractivity contribution in [3.8, 4) is 0 Å². The van der Waals surface area contributed by atoms with E-state index in [2.05, 4.69) is 119 Å². The average Bonchev–Trinajstić information content (AvgIpc) is 1.66. The molecule has 780 valence electrons. The molecule has 12 aromatic heterocycles. The summed E-state index contributed by atoms with van der Waals surface area (Å²) in [5, 5.41) is 17.9. The molecular weight excluding hydrogens is 1850 g/mol. The maximum atomic E-state index is 12.3. The van der Waals surface area contributed by atoms with Crippen LogP contribution in [0, 0.1) is 5.92 Å². The first kappa shape index (κ1) is 111. The van der Waals surface area contributed by atoms with Gasteiger partial charge < -0.3 is 95.7 Å². The Hall–Kier alpha value is -13.6. The zero-order chi connectivity index (χ0) is 104. The Balaban J connectivity index is 0.000000154. The maximum Gasteiger partial charge on any atom is 0.319 e. The summed E-state index contributed by atoms with van der Waals surface area (Å²) in [7, 11) is 3.26. The number of carbonyl (C=O) groups is 3. The first-order valence-electron chi connectivity index (χ1n) is 51.9. The summed E-state index contributed by atoms with van der Waals surface area (Å²) < 4.78 is 44.3. The number of rotatable bonds is 50. The lowest BCUT2D eigenvalue weighted by Crippen LogP contribution is -2.43.